The van der Waals surface area contributed by atoms with Gasteiger partial charge in [-0.2, -0.15) is 4.31 Å². The van der Waals surface area contributed by atoms with Crippen LogP contribution in [0.1, 0.15) is 35.3 Å². The number of carbonyl (C=O) groups excluding carboxylic acids is 2. The van der Waals surface area contributed by atoms with Crippen molar-refractivity contribution in [1.82, 2.24) is 9.62 Å². The number of rotatable bonds is 9. The van der Waals surface area contributed by atoms with Gasteiger partial charge in [-0.05, 0) is 36.2 Å². The Morgan fingerprint density at radius 1 is 1.00 bits per heavy atom. The van der Waals surface area contributed by atoms with E-state index in [2.05, 4.69) is 5.32 Å². The largest absolute Gasteiger partial charge is 0.452 e. The van der Waals surface area contributed by atoms with Crippen LogP contribution in [0, 0.1) is 6.92 Å². The quantitative estimate of drug-likeness (QED) is 0.632. The second-order valence-corrected chi connectivity index (χ2v) is 8.34. The molecule has 0 saturated carbocycles. The van der Waals surface area contributed by atoms with Gasteiger partial charge >= 0.3 is 5.97 Å². The fraction of sp³-hybridized carbons (Fsp3) is 0.333. The first-order valence-electron chi connectivity index (χ1n) is 9.38. The average Bonchev–Trinajstić information content (AvgIpc) is 2.71. The number of ether oxygens (including phenoxy) is 1. The van der Waals surface area contributed by atoms with Crippen molar-refractivity contribution in [3.05, 3.63) is 65.2 Å². The fourth-order valence-corrected chi connectivity index (χ4v) is 4.21. The minimum atomic E-state index is -3.51. The highest BCUT2D eigenvalue weighted by Gasteiger charge is 2.21. The normalized spacial score (nSPS) is 11.3. The molecule has 0 atom stereocenters. The summed E-state index contributed by atoms with van der Waals surface area (Å²) in [4.78, 5) is 24.2. The molecule has 0 spiro atoms. The van der Waals surface area contributed by atoms with Crippen molar-refractivity contribution in [3.8, 4) is 0 Å². The summed E-state index contributed by atoms with van der Waals surface area (Å²) in [7, 11) is -3.51. The third-order valence-corrected chi connectivity index (χ3v) is 6.52. The van der Waals surface area contributed by atoms with E-state index in [0.29, 0.717) is 18.7 Å². The SMILES string of the molecule is CCN(CC)S(=O)(=O)c1ccc(CNC(=O)COC(=O)c2ccccc2C)cc1. The summed E-state index contributed by atoms with van der Waals surface area (Å²) < 4.78 is 31.4. The second-order valence-electron chi connectivity index (χ2n) is 6.40. The van der Waals surface area contributed by atoms with Crippen LogP contribution in [0.3, 0.4) is 0 Å². The van der Waals surface area contributed by atoms with Crippen molar-refractivity contribution >= 4 is 21.9 Å². The molecule has 0 aliphatic rings. The second kappa shape index (κ2) is 10.2. The van der Waals surface area contributed by atoms with Gasteiger partial charge in [-0.15, -0.1) is 0 Å². The maximum atomic E-state index is 12.5. The van der Waals surface area contributed by atoms with Crippen molar-refractivity contribution in [3.63, 3.8) is 0 Å². The molecule has 0 unspecified atom stereocenters. The molecule has 2 aromatic carbocycles. The van der Waals surface area contributed by atoms with Crippen molar-refractivity contribution < 1.29 is 22.7 Å². The molecule has 2 rings (SSSR count). The first-order chi connectivity index (χ1) is 13.8. The van der Waals surface area contributed by atoms with Gasteiger partial charge in [0.1, 0.15) is 0 Å². The number of sulfonamides is 1. The topological polar surface area (TPSA) is 92.8 Å². The average molecular weight is 419 g/mol. The molecule has 156 valence electrons. The molecule has 0 saturated heterocycles. The van der Waals surface area contributed by atoms with E-state index in [9.17, 15) is 18.0 Å². The number of carbonyl (C=O) groups is 2. The number of benzene rings is 2. The van der Waals surface area contributed by atoms with Crippen LogP contribution in [0.15, 0.2) is 53.4 Å². The number of esters is 1. The standard InChI is InChI=1S/C21H26N2O5S/c1-4-23(5-2)29(26,27)18-12-10-17(11-13-18)14-22-20(24)15-28-21(25)19-9-7-6-8-16(19)3/h6-13H,4-5,14-15H2,1-3H3,(H,22,24). The van der Waals surface area contributed by atoms with Crippen LogP contribution in [-0.4, -0.2) is 44.3 Å². The van der Waals surface area contributed by atoms with Crippen molar-refractivity contribution in [2.45, 2.75) is 32.2 Å². The molecule has 1 N–H and O–H groups in total. The van der Waals surface area contributed by atoms with Crippen LogP contribution in [0.25, 0.3) is 0 Å². The summed E-state index contributed by atoms with van der Waals surface area (Å²) in [5, 5.41) is 2.65. The van der Waals surface area contributed by atoms with Gasteiger partial charge < -0.3 is 10.1 Å². The van der Waals surface area contributed by atoms with E-state index in [1.54, 1.807) is 51.1 Å². The van der Waals surface area contributed by atoms with E-state index in [4.69, 9.17) is 4.74 Å². The van der Waals surface area contributed by atoms with Gasteiger partial charge in [0, 0.05) is 19.6 Å². The first-order valence-corrected chi connectivity index (χ1v) is 10.8. The van der Waals surface area contributed by atoms with Crippen LogP contribution >= 0.6 is 0 Å². The Morgan fingerprint density at radius 2 is 1.62 bits per heavy atom. The van der Waals surface area contributed by atoms with Crippen LogP contribution in [0.4, 0.5) is 0 Å². The molecule has 0 fully saturated rings. The molecule has 2 aromatic rings. The molecule has 7 nitrogen and oxygen atoms in total. The zero-order valence-corrected chi connectivity index (χ0v) is 17.7. The molecule has 0 radical (unpaired) electrons. The number of nitrogens with one attached hydrogen (secondary N) is 1. The molecule has 0 aromatic heterocycles. The third-order valence-electron chi connectivity index (χ3n) is 4.46. The number of hydrogen-bond donors (Lipinski definition) is 1. The Kier molecular flexibility index (Phi) is 7.92. The Balaban J connectivity index is 1.88. The maximum Gasteiger partial charge on any atom is 0.338 e. The van der Waals surface area contributed by atoms with Gasteiger partial charge in [-0.1, -0.05) is 44.2 Å². The van der Waals surface area contributed by atoms with E-state index < -0.39 is 21.9 Å². The van der Waals surface area contributed by atoms with Crippen molar-refractivity contribution in [1.29, 1.82) is 0 Å². The van der Waals surface area contributed by atoms with E-state index in [0.717, 1.165) is 11.1 Å². The Hall–Kier alpha value is -2.71. The summed E-state index contributed by atoms with van der Waals surface area (Å²) in [5.74, 6) is -0.990. The maximum absolute atomic E-state index is 12.5. The summed E-state index contributed by atoms with van der Waals surface area (Å²) in [6.07, 6.45) is 0. The van der Waals surface area contributed by atoms with Gasteiger partial charge in [-0.25, -0.2) is 13.2 Å². The molecule has 8 heteroatoms. The molecule has 0 aliphatic heterocycles. The minimum Gasteiger partial charge on any atom is -0.452 e. The predicted molar refractivity (Wildman–Crippen MR) is 110 cm³/mol. The number of nitrogens with zero attached hydrogens (tertiary/aromatic N) is 1. The number of amides is 1. The summed E-state index contributed by atoms with van der Waals surface area (Å²) in [5.41, 5.74) is 1.94. The molecule has 0 heterocycles. The molecule has 0 aliphatic carbocycles. The van der Waals surface area contributed by atoms with Crippen LogP contribution in [0.5, 0.6) is 0 Å². The monoisotopic (exact) mass is 418 g/mol. The van der Waals surface area contributed by atoms with Gasteiger partial charge in [0.05, 0.1) is 10.5 Å². The number of hydrogen-bond acceptors (Lipinski definition) is 5. The smallest absolute Gasteiger partial charge is 0.338 e. The molecular weight excluding hydrogens is 392 g/mol. The van der Waals surface area contributed by atoms with Crippen molar-refractivity contribution in [2.75, 3.05) is 19.7 Å². The molecule has 0 bridgehead atoms. The van der Waals surface area contributed by atoms with Crippen molar-refractivity contribution in [2.24, 2.45) is 0 Å². The summed E-state index contributed by atoms with van der Waals surface area (Å²) >= 11 is 0. The highest BCUT2D eigenvalue weighted by molar-refractivity contribution is 7.89. The molecular formula is C21H26N2O5S. The zero-order valence-electron chi connectivity index (χ0n) is 16.8. The lowest BCUT2D eigenvalue weighted by molar-refractivity contribution is -0.124. The van der Waals surface area contributed by atoms with Crippen LogP contribution in [0.2, 0.25) is 0 Å². The highest BCUT2D eigenvalue weighted by atomic mass is 32.2. The van der Waals surface area contributed by atoms with Gasteiger partial charge in [0.25, 0.3) is 5.91 Å². The minimum absolute atomic E-state index is 0.201. The van der Waals surface area contributed by atoms with E-state index >= 15 is 0 Å². The highest BCUT2D eigenvalue weighted by Crippen LogP contribution is 2.16. The lowest BCUT2D eigenvalue weighted by Gasteiger charge is -2.18. The Labute approximate surface area is 171 Å². The summed E-state index contributed by atoms with van der Waals surface area (Å²) in [6, 6.07) is 13.3. The zero-order chi connectivity index (χ0) is 21.4. The van der Waals surface area contributed by atoms with E-state index in [-0.39, 0.29) is 18.0 Å². The van der Waals surface area contributed by atoms with Gasteiger partial charge in [0.2, 0.25) is 10.0 Å². The first kappa shape index (κ1) is 22.6. The Morgan fingerprint density at radius 3 is 2.21 bits per heavy atom. The predicted octanol–water partition coefficient (Wildman–Crippen LogP) is 2.50. The summed E-state index contributed by atoms with van der Waals surface area (Å²) in [6.45, 7) is 5.98. The van der Waals surface area contributed by atoms with E-state index in [1.165, 1.54) is 16.4 Å². The van der Waals surface area contributed by atoms with Crippen LogP contribution < -0.4 is 5.32 Å². The molecule has 1 amide bonds. The Bertz CT molecular complexity index is 951. The third kappa shape index (κ3) is 5.88. The van der Waals surface area contributed by atoms with Gasteiger partial charge in [-0.3, -0.25) is 4.79 Å². The lowest BCUT2D eigenvalue weighted by atomic mass is 10.1. The van der Waals surface area contributed by atoms with Crippen LogP contribution in [-0.2, 0) is 26.1 Å². The number of aryl methyl sites for hydroxylation is 1. The molecule has 29 heavy (non-hydrogen) atoms. The van der Waals surface area contributed by atoms with Gasteiger partial charge in [0.15, 0.2) is 6.61 Å². The lowest BCUT2D eigenvalue weighted by Crippen LogP contribution is -2.30. The van der Waals surface area contributed by atoms with E-state index in [1.807, 2.05) is 6.07 Å². The fourth-order valence-electron chi connectivity index (χ4n) is 2.75.